The standard InChI is InChI=1S/C15H21NO2/c1-18-12-14-7-8-16(10-14)11-15(17)9-13-5-3-2-4-6-13/h2-6,14H,7-12H2,1H3. The highest BCUT2D eigenvalue weighted by molar-refractivity contribution is 5.82. The number of hydrogen-bond acceptors (Lipinski definition) is 3. The Kier molecular flexibility index (Phi) is 4.90. The Morgan fingerprint density at radius 1 is 1.39 bits per heavy atom. The van der Waals surface area contributed by atoms with Crippen LogP contribution < -0.4 is 0 Å². The normalized spacial score (nSPS) is 20.2. The second-order valence-corrected chi connectivity index (χ2v) is 5.05. The average Bonchev–Trinajstić information content (AvgIpc) is 2.78. The number of rotatable bonds is 6. The van der Waals surface area contributed by atoms with Gasteiger partial charge in [-0.2, -0.15) is 0 Å². The van der Waals surface area contributed by atoms with Crippen LogP contribution in [0.1, 0.15) is 12.0 Å². The zero-order valence-electron chi connectivity index (χ0n) is 11.0. The summed E-state index contributed by atoms with van der Waals surface area (Å²) in [7, 11) is 1.74. The lowest BCUT2D eigenvalue weighted by molar-refractivity contribution is -0.119. The van der Waals surface area contributed by atoms with E-state index in [0.29, 0.717) is 24.7 Å². The Hall–Kier alpha value is -1.19. The highest BCUT2D eigenvalue weighted by Crippen LogP contribution is 2.16. The number of hydrogen-bond donors (Lipinski definition) is 0. The predicted molar refractivity (Wildman–Crippen MR) is 71.6 cm³/mol. The number of Topliss-reactive ketones (excluding diaryl/α,β-unsaturated/α-hetero) is 1. The lowest BCUT2D eigenvalue weighted by Crippen LogP contribution is -2.29. The van der Waals surface area contributed by atoms with Crippen LogP contribution in [0.3, 0.4) is 0 Å². The van der Waals surface area contributed by atoms with Crippen molar-refractivity contribution in [3.05, 3.63) is 35.9 Å². The Morgan fingerprint density at radius 3 is 2.89 bits per heavy atom. The van der Waals surface area contributed by atoms with Crippen LogP contribution in [0.25, 0.3) is 0 Å². The topological polar surface area (TPSA) is 29.5 Å². The molecule has 0 aliphatic carbocycles. The smallest absolute Gasteiger partial charge is 0.151 e. The fourth-order valence-electron chi connectivity index (χ4n) is 2.56. The molecule has 1 unspecified atom stereocenters. The second-order valence-electron chi connectivity index (χ2n) is 5.05. The van der Waals surface area contributed by atoms with Crippen molar-refractivity contribution >= 4 is 5.78 Å². The number of ketones is 1. The summed E-state index contributed by atoms with van der Waals surface area (Å²) in [5, 5.41) is 0. The maximum Gasteiger partial charge on any atom is 0.151 e. The van der Waals surface area contributed by atoms with Crippen molar-refractivity contribution in [2.24, 2.45) is 5.92 Å². The van der Waals surface area contributed by atoms with E-state index < -0.39 is 0 Å². The fraction of sp³-hybridized carbons (Fsp3) is 0.533. The summed E-state index contributed by atoms with van der Waals surface area (Å²) < 4.78 is 5.16. The van der Waals surface area contributed by atoms with Gasteiger partial charge in [-0.25, -0.2) is 0 Å². The molecule has 98 valence electrons. The predicted octanol–water partition coefficient (Wildman–Crippen LogP) is 1.77. The monoisotopic (exact) mass is 247 g/mol. The van der Waals surface area contributed by atoms with Crippen molar-refractivity contribution < 1.29 is 9.53 Å². The van der Waals surface area contributed by atoms with E-state index in [1.54, 1.807) is 7.11 Å². The van der Waals surface area contributed by atoms with E-state index in [9.17, 15) is 4.79 Å². The van der Waals surface area contributed by atoms with E-state index >= 15 is 0 Å². The first-order valence-electron chi connectivity index (χ1n) is 6.55. The molecule has 0 spiro atoms. The molecular formula is C15H21NO2. The van der Waals surface area contributed by atoms with Crippen molar-refractivity contribution in [2.75, 3.05) is 33.4 Å². The van der Waals surface area contributed by atoms with Gasteiger partial charge in [0.15, 0.2) is 5.78 Å². The van der Waals surface area contributed by atoms with Gasteiger partial charge in [0.1, 0.15) is 0 Å². The third kappa shape index (κ3) is 3.93. The molecule has 1 aromatic carbocycles. The maximum atomic E-state index is 12.0. The van der Waals surface area contributed by atoms with Crippen molar-refractivity contribution in [1.29, 1.82) is 0 Å². The zero-order valence-corrected chi connectivity index (χ0v) is 11.0. The molecule has 0 N–H and O–H groups in total. The van der Waals surface area contributed by atoms with Crippen LogP contribution >= 0.6 is 0 Å². The lowest BCUT2D eigenvalue weighted by atomic mass is 10.1. The van der Waals surface area contributed by atoms with Gasteiger partial charge in [-0.05, 0) is 24.4 Å². The Morgan fingerprint density at radius 2 is 2.17 bits per heavy atom. The van der Waals surface area contributed by atoms with E-state index in [-0.39, 0.29) is 0 Å². The van der Waals surface area contributed by atoms with Crippen LogP contribution in [0.5, 0.6) is 0 Å². The number of likely N-dealkylation sites (tertiary alicyclic amines) is 1. The number of nitrogens with zero attached hydrogens (tertiary/aromatic N) is 1. The Balaban J connectivity index is 1.75. The minimum atomic E-state index is 0.305. The van der Waals surface area contributed by atoms with Gasteiger partial charge in [0.25, 0.3) is 0 Å². The van der Waals surface area contributed by atoms with E-state index in [4.69, 9.17) is 4.74 Å². The molecule has 1 atom stereocenters. The molecule has 1 fully saturated rings. The summed E-state index contributed by atoms with van der Waals surface area (Å²) >= 11 is 0. The van der Waals surface area contributed by atoms with Gasteiger partial charge < -0.3 is 4.74 Å². The molecular weight excluding hydrogens is 226 g/mol. The van der Waals surface area contributed by atoms with Crippen LogP contribution in [-0.2, 0) is 16.0 Å². The molecule has 0 amide bonds. The maximum absolute atomic E-state index is 12.0. The van der Waals surface area contributed by atoms with Crippen molar-refractivity contribution in [2.45, 2.75) is 12.8 Å². The second kappa shape index (κ2) is 6.66. The molecule has 3 nitrogen and oxygen atoms in total. The number of methoxy groups -OCH3 is 1. The fourth-order valence-corrected chi connectivity index (χ4v) is 2.56. The molecule has 1 heterocycles. The van der Waals surface area contributed by atoms with Gasteiger partial charge in [-0.1, -0.05) is 30.3 Å². The average molecular weight is 247 g/mol. The molecule has 0 aromatic heterocycles. The van der Waals surface area contributed by atoms with E-state index in [2.05, 4.69) is 4.90 Å². The molecule has 0 saturated carbocycles. The molecule has 2 rings (SSSR count). The quantitative estimate of drug-likeness (QED) is 0.767. The largest absolute Gasteiger partial charge is 0.384 e. The summed E-state index contributed by atoms with van der Waals surface area (Å²) in [6, 6.07) is 9.95. The van der Waals surface area contributed by atoms with Gasteiger partial charge in [0, 0.05) is 20.1 Å². The van der Waals surface area contributed by atoms with E-state index in [1.807, 2.05) is 30.3 Å². The van der Waals surface area contributed by atoms with Crippen LogP contribution in [-0.4, -0.2) is 44.0 Å². The molecule has 0 radical (unpaired) electrons. The number of benzene rings is 1. The minimum absolute atomic E-state index is 0.305. The van der Waals surface area contributed by atoms with E-state index in [0.717, 1.165) is 31.7 Å². The summed E-state index contributed by atoms with van der Waals surface area (Å²) in [6.45, 7) is 3.40. The third-order valence-corrected chi connectivity index (χ3v) is 3.42. The third-order valence-electron chi connectivity index (χ3n) is 3.42. The van der Waals surface area contributed by atoms with Gasteiger partial charge >= 0.3 is 0 Å². The summed E-state index contributed by atoms with van der Waals surface area (Å²) in [5.74, 6) is 0.902. The number of carbonyl (C=O) groups excluding carboxylic acids is 1. The summed E-state index contributed by atoms with van der Waals surface area (Å²) in [6.07, 6.45) is 1.69. The summed E-state index contributed by atoms with van der Waals surface area (Å²) in [4.78, 5) is 14.2. The highest BCUT2D eigenvalue weighted by Gasteiger charge is 2.23. The molecule has 1 aliphatic heterocycles. The SMILES string of the molecule is COCC1CCN(CC(=O)Cc2ccccc2)C1. The lowest BCUT2D eigenvalue weighted by Gasteiger charge is -2.14. The molecule has 3 heteroatoms. The molecule has 1 aromatic rings. The first-order valence-corrected chi connectivity index (χ1v) is 6.55. The summed E-state index contributed by atoms with van der Waals surface area (Å²) in [5.41, 5.74) is 1.11. The molecule has 18 heavy (non-hydrogen) atoms. The van der Waals surface area contributed by atoms with Crippen molar-refractivity contribution in [1.82, 2.24) is 4.90 Å². The van der Waals surface area contributed by atoms with Gasteiger partial charge in [-0.15, -0.1) is 0 Å². The van der Waals surface area contributed by atoms with Crippen molar-refractivity contribution in [3.63, 3.8) is 0 Å². The van der Waals surface area contributed by atoms with Crippen LogP contribution in [0.15, 0.2) is 30.3 Å². The van der Waals surface area contributed by atoms with E-state index in [1.165, 1.54) is 0 Å². The van der Waals surface area contributed by atoms with Crippen LogP contribution in [0, 0.1) is 5.92 Å². The van der Waals surface area contributed by atoms with Crippen LogP contribution in [0.4, 0.5) is 0 Å². The first kappa shape index (κ1) is 13.2. The number of ether oxygens (including phenoxy) is 1. The molecule has 1 saturated heterocycles. The van der Waals surface area contributed by atoms with Crippen molar-refractivity contribution in [3.8, 4) is 0 Å². The molecule has 1 aliphatic rings. The number of carbonyl (C=O) groups is 1. The molecule has 0 bridgehead atoms. The first-order chi connectivity index (χ1) is 8.78. The Labute approximate surface area is 109 Å². The Bertz CT molecular complexity index is 377. The van der Waals surface area contributed by atoms with Gasteiger partial charge in [0.2, 0.25) is 0 Å². The van der Waals surface area contributed by atoms with Crippen LogP contribution in [0.2, 0.25) is 0 Å². The zero-order chi connectivity index (χ0) is 12.8. The minimum Gasteiger partial charge on any atom is -0.384 e. The highest BCUT2D eigenvalue weighted by atomic mass is 16.5. The van der Waals surface area contributed by atoms with Gasteiger partial charge in [-0.3, -0.25) is 9.69 Å². The van der Waals surface area contributed by atoms with Gasteiger partial charge in [0.05, 0.1) is 13.2 Å².